The molecule has 5 heteroatoms. The molecule has 0 bridgehead atoms. The highest BCUT2D eigenvalue weighted by Crippen LogP contribution is 2.07. The van der Waals surface area contributed by atoms with Crippen LogP contribution in [0.3, 0.4) is 0 Å². The first-order valence-electron chi connectivity index (χ1n) is 7.41. The zero-order valence-corrected chi connectivity index (χ0v) is 12.7. The van der Waals surface area contributed by atoms with E-state index < -0.39 is 12.0 Å². The van der Waals surface area contributed by atoms with Gasteiger partial charge in [-0.25, -0.2) is 0 Å². The SMILES string of the molecule is N[C@@H](Cc1ccc(CNC(=O)Cc2ccccc2)cc1)C(=O)O. The summed E-state index contributed by atoms with van der Waals surface area (Å²) in [4.78, 5) is 22.6. The molecule has 0 saturated carbocycles. The zero-order chi connectivity index (χ0) is 16.7. The predicted molar refractivity (Wildman–Crippen MR) is 87.7 cm³/mol. The highest BCUT2D eigenvalue weighted by molar-refractivity contribution is 5.78. The van der Waals surface area contributed by atoms with Crippen LogP contribution in [0.1, 0.15) is 16.7 Å². The van der Waals surface area contributed by atoms with Crippen LogP contribution < -0.4 is 11.1 Å². The predicted octanol–water partition coefficient (Wildman–Crippen LogP) is 1.50. The minimum atomic E-state index is -1.01. The Kier molecular flexibility index (Phi) is 5.88. The normalized spacial score (nSPS) is 11.7. The molecular formula is C18H20N2O3. The fourth-order valence-electron chi connectivity index (χ4n) is 2.18. The Bertz CT molecular complexity index is 654. The molecule has 0 unspecified atom stereocenters. The molecule has 0 aliphatic rings. The largest absolute Gasteiger partial charge is 0.480 e. The molecule has 1 amide bonds. The summed E-state index contributed by atoms with van der Waals surface area (Å²) in [6, 6.07) is 16.1. The van der Waals surface area contributed by atoms with Crippen LogP contribution in [0.5, 0.6) is 0 Å². The first-order valence-corrected chi connectivity index (χ1v) is 7.41. The van der Waals surface area contributed by atoms with Gasteiger partial charge in [0.25, 0.3) is 0 Å². The molecule has 120 valence electrons. The quantitative estimate of drug-likeness (QED) is 0.722. The lowest BCUT2D eigenvalue weighted by Gasteiger charge is -2.08. The highest BCUT2D eigenvalue weighted by Gasteiger charge is 2.11. The first-order chi connectivity index (χ1) is 11.0. The van der Waals surface area contributed by atoms with Crippen LogP contribution in [0, 0.1) is 0 Å². The van der Waals surface area contributed by atoms with Gasteiger partial charge in [0.2, 0.25) is 5.91 Å². The molecule has 1 atom stereocenters. The first kappa shape index (κ1) is 16.7. The van der Waals surface area contributed by atoms with E-state index in [1.165, 1.54) is 0 Å². The minimum absolute atomic E-state index is 0.0341. The van der Waals surface area contributed by atoms with Crippen LogP contribution in [-0.4, -0.2) is 23.0 Å². The maximum Gasteiger partial charge on any atom is 0.320 e. The maximum atomic E-state index is 11.9. The summed E-state index contributed by atoms with van der Waals surface area (Å²) in [7, 11) is 0. The van der Waals surface area contributed by atoms with E-state index in [-0.39, 0.29) is 12.3 Å². The van der Waals surface area contributed by atoms with Gasteiger partial charge in [-0.3, -0.25) is 9.59 Å². The second-order valence-electron chi connectivity index (χ2n) is 5.40. The molecule has 23 heavy (non-hydrogen) atoms. The van der Waals surface area contributed by atoms with E-state index in [0.717, 1.165) is 16.7 Å². The molecule has 0 fully saturated rings. The van der Waals surface area contributed by atoms with Crippen molar-refractivity contribution in [3.63, 3.8) is 0 Å². The summed E-state index contributed by atoms with van der Waals surface area (Å²) in [5.74, 6) is -1.05. The van der Waals surface area contributed by atoms with Crippen molar-refractivity contribution in [1.29, 1.82) is 0 Å². The van der Waals surface area contributed by atoms with Gasteiger partial charge < -0.3 is 16.2 Å². The van der Waals surface area contributed by atoms with E-state index in [1.807, 2.05) is 54.6 Å². The van der Waals surface area contributed by atoms with Gasteiger partial charge in [0.1, 0.15) is 6.04 Å². The molecule has 0 saturated heterocycles. The molecule has 2 aromatic rings. The summed E-state index contributed by atoms with van der Waals surface area (Å²) < 4.78 is 0. The number of hydrogen-bond donors (Lipinski definition) is 3. The molecule has 0 aromatic heterocycles. The second-order valence-corrected chi connectivity index (χ2v) is 5.40. The fourth-order valence-corrected chi connectivity index (χ4v) is 2.18. The van der Waals surface area contributed by atoms with Gasteiger partial charge in [-0.15, -0.1) is 0 Å². The second kappa shape index (κ2) is 8.10. The standard InChI is InChI=1S/C18H20N2O3/c19-16(18(22)23)10-14-6-8-15(9-7-14)12-20-17(21)11-13-4-2-1-3-5-13/h1-9,16H,10-12,19H2,(H,20,21)(H,22,23)/t16-/m0/s1. The van der Waals surface area contributed by atoms with E-state index in [2.05, 4.69) is 5.32 Å². The number of hydrogen-bond acceptors (Lipinski definition) is 3. The van der Waals surface area contributed by atoms with Crippen LogP contribution in [-0.2, 0) is 29.0 Å². The number of carbonyl (C=O) groups excluding carboxylic acids is 1. The number of amides is 1. The number of rotatable bonds is 7. The van der Waals surface area contributed by atoms with Crippen LogP contribution in [0.15, 0.2) is 54.6 Å². The average molecular weight is 312 g/mol. The van der Waals surface area contributed by atoms with Crippen LogP contribution in [0.4, 0.5) is 0 Å². The van der Waals surface area contributed by atoms with Crippen LogP contribution in [0.2, 0.25) is 0 Å². The van der Waals surface area contributed by atoms with E-state index >= 15 is 0 Å². The number of carbonyl (C=O) groups is 2. The lowest BCUT2D eigenvalue weighted by atomic mass is 10.0. The Morgan fingerprint density at radius 2 is 1.57 bits per heavy atom. The third-order valence-corrected chi connectivity index (χ3v) is 3.49. The summed E-state index contributed by atoms with van der Waals surface area (Å²) in [5, 5.41) is 11.7. The van der Waals surface area contributed by atoms with Crippen molar-refractivity contribution < 1.29 is 14.7 Å². The summed E-state index contributed by atoms with van der Waals surface area (Å²) in [6.45, 7) is 0.441. The number of benzene rings is 2. The summed E-state index contributed by atoms with van der Waals surface area (Å²) in [6.07, 6.45) is 0.641. The molecule has 0 radical (unpaired) electrons. The van der Waals surface area contributed by atoms with Crippen molar-refractivity contribution in [1.82, 2.24) is 5.32 Å². The molecule has 0 aliphatic carbocycles. The Morgan fingerprint density at radius 3 is 2.17 bits per heavy atom. The Balaban J connectivity index is 1.82. The third-order valence-electron chi connectivity index (χ3n) is 3.49. The van der Waals surface area contributed by atoms with E-state index in [0.29, 0.717) is 13.0 Å². The molecule has 0 aliphatic heterocycles. The van der Waals surface area contributed by atoms with E-state index in [4.69, 9.17) is 10.8 Å². The topological polar surface area (TPSA) is 92.4 Å². The van der Waals surface area contributed by atoms with Gasteiger partial charge in [0.15, 0.2) is 0 Å². The van der Waals surface area contributed by atoms with Gasteiger partial charge in [-0.2, -0.15) is 0 Å². The number of aliphatic carboxylic acids is 1. The van der Waals surface area contributed by atoms with Crippen molar-refractivity contribution in [3.05, 3.63) is 71.3 Å². The van der Waals surface area contributed by atoms with E-state index in [1.54, 1.807) is 0 Å². The average Bonchev–Trinajstić information content (AvgIpc) is 2.55. The van der Waals surface area contributed by atoms with Crippen LogP contribution in [0.25, 0.3) is 0 Å². The van der Waals surface area contributed by atoms with Gasteiger partial charge in [0, 0.05) is 6.54 Å². The smallest absolute Gasteiger partial charge is 0.320 e. The monoisotopic (exact) mass is 312 g/mol. The van der Waals surface area contributed by atoms with Crippen LogP contribution >= 0.6 is 0 Å². The Morgan fingerprint density at radius 1 is 0.957 bits per heavy atom. The molecule has 0 heterocycles. The van der Waals surface area contributed by atoms with E-state index in [9.17, 15) is 9.59 Å². The van der Waals surface area contributed by atoms with Gasteiger partial charge in [-0.05, 0) is 23.1 Å². The molecule has 0 spiro atoms. The van der Waals surface area contributed by atoms with Gasteiger partial charge in [-0.1, -0.05) is 54.6 Å². The van der Waals surface area contributed by atoms with Crippen molar-refractivity contribution in [2.24, 2.45) is 5.73 Å². The van der Waals surface area contributed by atoms with Gasteiger partial charge in [0.05, 0.1) is 6.42 Å². The fraction of sp³-hybridized carbons (Fsp3) is 0.222. The van der Waals surface area contributed by atoms with Crippen molar-refractivity contribution in [2.45, 2.75) is 25.4 Å². The summed E-state index contributed by atoms with van der Waals surface area (Å²) in [5.41, 5.74) is 8.29. The van der Waals surface area contributed by atoms with Gasteiger partial charge >= 0.3 is 5.97 Å². The highest BCUT2D eigenvalue weighted by atomic mass is 16.4. The van der Waals surface area contributed by atoms with Crippen molar-refractivity contribution in [3.8, 4) is 0 Å². The number of carboxylic acid groups (broad SMARTS) is 1. The minimum Gasteiger partial charge on any atom is -0.480 e. The maximum absolute atomic E-state index is 11.9. The van der Waals surface area contributed by atoms with Crippen molar-refractivity contribution >= 4 is 11.9 Å². The lowest BCUT2D eigenvalue weighted by molar-refractivity contribution is -0.138. The summed E-state index contributed by atoms with van der Waals surface area (Å²) >= 11 is 0. The zero-order valence-electron chi connectivity index (χ0n) is 12.7. The molecule has 2 rings (SSSR count). The molecular weight excluding hydrogens is 292 g/mol. The lowest BCUT2D eigenvalue weighted by Crippen LogP contribution is -2.32. The number of nitrogens with two attached hydrogens (primary N) is 1. The molecule has 4 N–H and O–H groups in total. The Labute approximate surface area is 135 Å². The molecule has 5 nitrogen and oxygen atoms in total. The third kappa shape index (κ3) is 5.56. The number of nitrogens with one attached hydrogen (secondary N) is 1. The Hall–Kier alpha value is -2.66. The molecule has 2 aromatic carbocycles. The van der Waals surface area contributed by atoms with Crippen molar-refractivity contribution in [2.75, 3.05) is 0 Å². The number of carboxylic acids is 1.